The Kier molecular flexibility index (Phi) is 5.10. The highest BCUT2D eigenvalue weighted by molar-refractivity contribution is 5.98. The number of aliphatic hydroxyl groups excluding tert-OH is 1. The van der Waals surface area contributed by atoms with E-state index in [2.05, 4.69) is 0 Å². The zero-order valence-electron chi connectivity index (χ0n) is 9.98. The summed E-state index contributed by atoms with van der Waals surface area (Å²) in [6.07, 6.45) is 6.01. The largest absolute Gasteiger partial charge is 0.478 e. The lowest BCUT2D eigenvalue weighted by atomic mass is 10.1. The summed E-state index contributed by atoms with van der Waals surface area (Å²) in [6, 6.07) is 0. The zero-order chi connectivity index (χ0) is 12.8. The molecule has 0 bridgehead atoms. The van der Waals surface area contributed by atoms with Crippen LogP contribution in [0.4, 0.5) is 0 Å². The quantitative estimate of drug-likeness (QED) is 0.547. The molecule has 1 atom stereocenters. The summed E-state index contributed by atoms with van der Waals surface area (Å²) in [5.41, 5.74) is 1.08. The van der Waals surface area contributed by atoms with Crippen LogP contribution in [0.2, 0.25) is 0 Å². The number of carbonyl (C=O) groups excluding carboxylic acids is 1. The highest BCUT2D eigenvalue weighted by Gasteiger charge is 2.21. The van der Waals surface area contributed by atoms with Crippen LogP contribution >= 0.6 is 0 Å². The zero-order valence-corrected chi connectivity index (χ0v) is 9.98. The first kappa shape index (κ1) is 13.6. The van der Waals surface area contributed by atoms with Crippen LogP contribution in [0, 0.1) is 0 Å². The molecule has 2 N–H and O–H groups in total. The number of allylic oxidation sites excluding steroid dienone is 2. The van der Waals surface area contributed by atoms with Crippen molar-refractivity contribution in [3.8, 4) is 0 Å². The van der Waals surface area contributed by atoms with E-state index < -0.39 is 12.1 Å². The van der Waals surface area contributed by atoms with Gasteiger partial charge in [-0.3, -0.25) is 4.79 Å². The molecule has 0 radical (unpaired) electrons. The summed E-state index contributed by atoms with van der Waals surface area (Å²) in [6.45, 7) is 1.57. The van der Waals surface area contributed by atoms with Crippen LogP contribution in [0.5, 0.6) is 0 Å². The Morgan fingerprint density at radius 2 is 2.24 bits per heavy atom. The fourth-order valence-corrected chi connectivity index (χ4v) is 1.79. The van der Waals surface area contributed by atoms with Gasteiger partial charge in [0.15, 0.2) is 5.78 Å². The molecule has 0 heterocycles. The van der Waals surface area contributed by atoms with Gasteiger partial charge in [-0.25, -0.2) is 4.79 Å². The average Bonchev–Trinajstić information content (AvgIpc) is 2.56. The van der Waals surface area contributed by atoms with Gasteiger partial charge in [0.25, 0.3) is 0 Å². The molecule has 4 heteroatoms. The number of aliphatic carboxylic acids is 1. The van der Waals surface area contributed by atoms with Crippen molar-refractivity contribution >= 4 is 11.8 Å². The van der Waals surface area contributed by atoms with Crippen LogP contribution in [0.1, 0.15) is 39.0 Å². The number of rotatable bonds is 6. The van der Waals surface area contributed by atoms with Crippen molar-refractivity contribution in [2.75, 3.05) is 0 Å². The van der Waals surface area contributed by atoms with E-state index in [4.69, 9.17) is 5.11 Å². The lowest BCUT2D eigenvalue weighted by molar-refractivity contribution is -0.132. The molecule has 94 valence electrons. The van der Waals surface area contributed by atoms with E-state index in [1.54, 1.807) is 19.1 Å². The van der Waals surface area contributed by atoms with E-state index in [-0.39, 0.29) is 12.2 Å². The number of carboxylic acids is 1. The molecule has 1 rings (SSSR count). The fraction of sp³-hybridized carbons (Fsp3) is 0.538. The molecular weight excluding hydrogens is 220 g/mol. The lowest BCUT2D eigenvalue weighted by Crippen LogP contribution is -2.01. The highest BCUT2D eigenvalue weighted by atomic mass is 16.4. The van der Waals surface area contributed by atoms with E-state index in [1.165, 1.54) is 0 Å². The average molecular weight is 238 g/mol. The topological polar surface area (TPSA) is 74.6 Å². The van der Waals surface area contributed by atoms with Crippen molar-refractivity contribution in [1.29, 1.82) is 0 Å². The summed E-state index contributed by atoms with van der Waals surface area (Å²) in [5, 5.41) is 17.9. The fourth-order valence-electron chi connectivity index (χ4n) is 1.79. The minimum absolute atomic E-state index is 0.0368. The molecule has 0 saturated heterocycles. The smallest absolute Gasteiger partial charge is 0.330 e. The van der Waals surface area contributed by atoms with Gasteiger partial charge in [-0.2, -0.15) is 0 Å². The second-order valence-electron chi connectivity index (χ2n) is 4.32. The Bertz CT molecular complexity index is 366. The highest BCUT2D eigenvalue weighted by Crippen LogP contribution is 2.20. The SMILES string of the molecule is CC(=CCCCCC1=CC(O)CC1=O)C(=O)O. The number of ketones is 1. The summed E-state index contributed by atoms with van der Waals surface area (Å²) in [7, 11) is 0. The lowest BCUT2D eigenvalue weighted by Gasteiger charge is -1.99. The van der Waals surface area contributed by atoms with Gasteiger partial charge in [-0.15, -0.1) is 0 Å². The Morgan fingerprint density at radius 1 is 1.53 bits per heavy atom. The first-order valence-electron chi connectivity index (χ1n) is 5.82. The second-order valence-corrected chi connectivity index (χ2v) is 4.32. The minimum atomic E-state index is -0.887. The molecule has 0 amide bonds. The van der Waals surface area contributed by atoms with Gasteiger partial charge in [0, 0.05) is 12.0 Å². The number of hydrogen-bond donors (Lipinski definition) is 2. The van der Waals surface area contributed by atoms with E-state index >= 15 is 0 Å². The second kappa shape index (κ2) is 6.35. The maximum atomic E-state index is 11.3. The van der Waals surface area contributed by atoms with Crippen molar-refractivity contribution < 1.29 is 19.8 Å². The van der Waals surface area contributed by atoms with Gasteiger partial charge in [0.2, 0.25) is 0 Å². The molecule has 0 spiro atoms. The van der Waals surface area contributed by atoms with E-state index in [1.807, 2.05) is 0 Å². The predicted molar refractivity (Wildman–Crippen MR) is 63.6 cm³/mol. The first-order chi connectivity index (χ1) is 8.00. The standard InChI is InChI=1S/C13H18O4/c1-9(13(16)17)5-3-2-4-6-10-7-11(14)8-12(10)15/h5,7,11,14H,2-4,6,8H2,1H3,(H,16,17). The Balaban J connectivity index is 2.21. The van der Waals surface area contributed by atoms with Crippen LogP contribution in [-0.2, 0) is 9.59 Å². The van der Waals surface area contributed by atoms with Gasteiger partial charge in [0.1, 0.15) is 0 Å². The van der Waals surface area contributed by atoms with Crippen molar-refractivity contribution in [2.24, 2.45) is 0 Å². The van der Waals surface area contributed by atoms with E-state index in [9.17, 15) is 14.7 Å². The molecule has 1 aliphatic rings. The van der Waals surface area contributed by atoms with Gasteiger partial charge in [0.05, 0.1) is 6.10 Å². The van der Waals surface area contributed by atoms with Gasteiger partial charge in [-0.05, 0) is 44.3 Å². The molecule has 1 unspecified atom stereocenters. The third-order valence-corrected chi connectivity index (χ3v) is 2.83. The van der Waals surface area contributed by atoms with Crippen LogP contribution in [0.15, 0.2) is 23.3 Å². The number of carbonyl (C=O) groups is 2. The molecule has 0 aromatic carbocycles. The molecule has 0 saturated carbocycles. The van der Waals surface area contributed by atoms with E-state index in [0.29, 0.717) is 18.4 Å². The monoisotopic (exact) mass is 238 g/mol. The number of Topliss-reactive ketones (excluding diaryl/α,β-unsaturated/α-hetero) is 1. The Morgan fingerprint density at radius 3 is 2.76 bits per heavy atom. The summed E-state index contributed by atoms with van der Waals surface area (Å²) in [4.78, 5) is 21.8. The molecule has 1 aliphatic carbocycles. The first-order valence-corrected chi connectivity index (χ1v) is 5.82. The molecule has 4 nitrogen and oxygen atoms in total. The molecule has 17 heavy (non-hydrogen) atoms. The summed E-state index contributed by atoms with van der Waals surface area (Å²) in [5.74, 6) is -0.850. The van der Waals surface area contributed by atoms with E-state index in [0.717, 1.165) is 18.4 Å². The van der Waals surface area contributed by atoms with Crippen LogP contribution < -0.4 is 0 Å². The van der Waals surface area contributed by atoms with Gasteiger partial charge in [-0.1, -0.05) is 6.08 Å². The van der Waals surface area contributed by atoms with Crippen LogP contribution in [-0.4, -0.2) is 28.1 Å². The molecule has 0 aromatic heterocycles. The predicted octanol–water partition coefficient (Wildman–Crippen LogP) is 1.84. The normalized spacial score (nSPS) is 20.6. The van der Waals surface area contributed by atoms with Crippen molar-refractivity contribution in [1.82, 2.24) is 0 Å². The number of aliphatic hydroxyl groups is 1. The van der Waals surface area contributed by atoms with Crippen LogP contribution in [0.3, 0.4) is 0 Å². The molecule has 0 aromatic rings. The third kappa shape index (κ3) is 4.53. The van der Waals surface area contributed by atoms with Crippen LogP contribution in [0.25, 0.3) is 0 Å². The summed E-state index contributed by atoms with van der Waals surface area (Å²) < 4.78 is 0. The summed E-state index contributed by atoms with van der Waals surface area (Å²) >= 11 is 0. The number of carboxylic acid groups (broad SMARTS) is 1. The van der Waals surface area contributed by atoms with Gasteiger partial charge < -0.3 is 10.2 Å². The van der Waals surface area contributed by atoms with Gasteiger partial charge >= 0.3 is 5.97 Å². The Hall–Kier alpha value is -1.42. The molecular formula is C13H18O4. The minimum Gasteiger partial charge on any atom is -0.478 e. The third-order valence-electron chi connectivity index (χ3n) is 2.83. The maximum absolute atomic E-state index is 11.3. The van der Waals surface area contributed by atoms with Crippen molar-refractivity contribution in [2.45, 2.75) is 45.1 Å². The number of unbranched alkanes of at least 4 members (excludes halogenated alkanes) is 2. The van der Waals surface area contributed by atoms with Crippen molar-refractivity contribution in [3.05, 3.63) is 23.3 Å². The molecule has 0 aliphatic heterocycles. The number of hydrogen-bond acceptors (Lipinski definition) is 3. The van der Waals surface area contributed by atoms with Crippen molar-refractivity contribution in [3.63, 3.8) is 0 Å². The Labute approximate surface area is 101 Å². The molecule has 0 fully saturated rings. The maximum Gasteiger partial charge on any atom is 0.330 e.